The molecule has 3 heterocycles. The van der Waals surface area contributed by atoms with Crippen molar-refractivity contribution in [3.8, 4) is 6.07 Å². The van der Waals surface area contributed by atoms with Gasteiger partial charge in [-0.15, -0.1) is 0 Å². The van der Waals surface area contributed by atoms with E-state index < -0.39 is 17.6 Å². The molecule has 0 spiro atoms. The van der Waals surface area contributed by atoms with Gasteiger partial charge >= 0.3 is 0 Å². The second-order valence-electron chi connectivity index (χ2n) is 7.74. The number of carbonyl (C=O) groups excluding carboxylic acids is 1. The van der Waals surface area contributed by atoms with Gasteiger partial charge in [0.2, 0.25) is 0 Å². The van der Waals surface area contributed by atoms with E-state index in [2.05, 4.69) is 21.8 Å². The normalized spacial score (nSPS) is 25.5. The summed E-state index contributed by atoms with van der Waals surface area (Å²) >= 11 is 0. The number of carbonyl (C=O) groups is 1. The Morgan fingerprint density at radius 3 is 2.62 bits per heavy atom. The lowest BCUT2D eigenvalue weighted by molar-refractivity contribution is -0.114. The molecule has 0 aliphatic carbocycles. The lowest BCUT2D eigenvalue weighted by atomic mass is 9.87. The number of aliphatic hydroxyl groups is 1. The predicted octanol–water partition coefficient (Wildman–Crippen LogP) is 1.40. The number of nitrogens with zero attached hydrogens (tertiary/aromatic N) is 4. The molecule has 3 rings (SSSR count). The number of methoxy groups -OCH3 is 1. The third-order valence-corrected chi connectivity index (χ3v) is 5.35. The topological polar surface area (TPSA) is 98.3 Å². The van der Waals surface area contributed by atoms with E-state index in [9.17, 15) is 15.2 Å². The Bertz CT molecular complexity index is 785. The fraction of sp³-hybridized carbons (Fsp3) is 0.579. The van der Waals surface area contributed by atoms with E-state index in [0.717, 1.165) is 12.8 Å². The van der Waals surface area contributed by atoms with Gasteiger partial charge < -0.3 is 14.7 Å². The van der Waals surface area contributed by atoms with Crippen molar-refractivity contribution < 1.29 is 14.6 Å². The summed E-state index contributed by atoms with van der Waals surface area (Å²) in [5, 5.41) is 19.9. The zero-order chi connectivity index (χ0) is 19.1. The first-order valence-electron chi connectivity index (χ1n) is 8.74. The van der Waals surface area contributed by atoms with Gasteiger partial charge in [0.1, 0.15) is 11.6 Å². The fourth-order valence-electron chi connectivity index (χ4n) is 3.42. The van der Waals surface area contributed by atoms with Crippen LogP contribution in [0.1, 0.15) is 33.6 Å². The number of hydrogen-bond donors (Lipinski definition) is 1. The second kappa shape index (κ2) is 6.45. The van der Waals surface area contributed by atoms with Crippen LogP contribution in [-0.4, -0.2) is 65.3 Å². The smallest absolute Gasteiger partial charge is 0.290 e. The Balaban J connectivity index is 2.01. The molecule has 7 heteroatoms. The van der Waals surface area contributed by atoms with Crippen molar-refractivity contribution in [1.29, 1.82) is 5.26 Å². The third-order valence-electron chi connectivity index (χ3n) is 5.35. The molecular formula is C19H24N4O3. The summed E-state index contributed by atoms with van der Waals surface area (Å²) < 4.78 is 5.59. The Morgan fingerprint density at radius 1 is 1.42 bits per heavy atom. The number of dihydropyridines is 2. The zero-order valence-corrected chi connectivity index (χ0v) is 15.6. The quantitative estimate of drug-likeness (QED) is 0.824. The van der Waals surface area contributed by atoms with Crippen molar-refractivity contribution in [2.75, 3.05) is 20.2 Å². The molecular weight excluding hydrogens is 332 g/mol. The first kappa shape index (κ1) is 18.5. The van der Waals surface area contributed by atoms with Crippen LogP contribution < -0.4 is 0 Å². The van der Waals surface area contributed by atoms with Crippen molar-refractivity contribution in [2.45, 2.75) is 50.9 Å². The van der Waals surface area contributed by atoms with Gasteiger partial charge in [-0.3, -0.25) is 9.79 Å². The molecule has 0 bridgehead atoms. The van der Waals surface area contributed by atoms with Crippen LogP contribution in [-0.2, 0) is 9.53 Å². The first-order valence-corrected chi connectivity index (χ1v) is 8.74. The van der Waals surface area contributed by atoms with E-state index in [0.29, 0.717) is 30.1 Å². The first-order chi connectivity index (χ1) is 12.2. The van der Waals surface area contributed by atoms with Gasteiger partial charge in [0.05, 0.1) is 28.7 Å². The summed E-state index contributed by atoms with van der Waals surface area (Å²) in [6.07, 6.45) is 4.92. The number of aliphatic imine (C=N–C) groups is 2. The minimum atomic E-state index is -1.05. The van der Waals surface area contributed by atoms with Crippen LogP contribution in [0.3, 0.4) is 0 Å². The Labute approximate surface area is 153 Å². The van der Waals surface area contributed by atoms with Crippen LogP contribution in [0.5, 0.6) is 0 Å². The Kier molecular flexibility index (Phi) is 4.59. The summed E-state index contributed by atoms with van der Waals surface area (Å²) in [5.74, 6) is -0.539. The van der Waals surface area contributed by atoms with Crippen LogP contribution in [0.15, 0.2) is 32.9 Å². The van der Waals surface area contributed by atoms with E-state index in [1.807, 2.05) is 12.1 Å². The number of fused-ring (bicyclic) bond motifs is 1. The van der Waals surface area contributed by atoms with E-state index in [-0.39, 0.29) is 11.2 Å². The minimum Gasteiger partial charge on any atom is -0.388 e. The second-order valence-corrected chi connectivity index (χ2v) is 7.74. The molecule has 1 N–H and O–H groups in total. The fourth-order valence-corrected chi connectivity index (χ4v) is 3.42. The molecule has 1 unspecified atom stereocenters. The molecule has 1 amide bonds. The van der Waals surface area contributed by atoms with Gasteiger partial charge in [0.15, 0.2) is 0 Å². The van der Waals surface area contributed by atoms with Crippen LogP contribution >= 0.6 is 0 Å². The van der Waals surface area contributed by atoms with Gasteiger partial charge in [-0.25, -0.2) is 4.99 Å². The van der Waals surface area contributed by atoms with Crippen molar-refractivity contribution in [3.05, 3.63) is 22.9 Å². The average Bonchev–Trinajstić information content (AvgIpc) is 2.60. The van der Waals surface area contributed by atoms with Gasteiger partial charge in [0, 0.05) is 32.0 Å². The minimum absolute atomic E-state index is 0.0471. The lowest BCUT2D eigenvalue weighted by Crippen LogP contribution is -2.45. The van der Waals surface area contributed by atoms with E-state index >= 15 is 0 Å². The van der Waals surface area contributed by atoms with E-state index in [1.54, 1.807) is 21.0 Å². The van der Waals surface area contributed by atoms with Crippen LogP contribution in [0.2, 0.25) is 0 Å². The molecule has 0 aromatic heterocycles. The zero-order valence-electron chi connectivity index (χ0n) is 15.6. The molecule has 26 heavy (non-hydrogen) atoms. The molecule has 0 aromatic rings. The maximum atomic E-state index is 12.3. The van der Waals surface area contributed by atoms with E-state index in [1.165, 1.54) is 6.21 Å². The Hall–Kier alpha value is -2.30. The summed E-state index contributed by atoms with van der Waals surface area (Å²) in [6.45, 7) is 6.78. The number of ether oxygens (including phenoxy) is 1. The number of amides is 1. The molecule has 0 radical (unpaired) electrons. The number of likely N-dealkylation sites (tertiary alicyclic amines) is 1. The van der Waals surface area contributed by atoms with Crippen molar-refractivity contribution in [3.63, 3.8) is 0 Å². The highest BCUT2D eigenvalue weighted by molar-refractivity contribution is 6.43. The summed E-state index contributed by atoms with van der Waals surface area (Å²) in [5.41, 5.74) is 0.545. The summed E-state index contributed by atoms with van der Waals surface area (Å²) in [6, 6.07) is 1.56. The lowest BCUT2D eigenvalue weighted by Gasteiger charge is -2.42. The van der Waals surface area contributed by atoms with Crippen molar-refractivity contribution in [1.82, 2.24) is 4.90 Å². The van der Waals surface area contributed by atoms with Gasteiger partial charge in [-0.1, -0.05) is 0 Å². The number of piperidine rings is 1. The monoisotopic (exact) mass is 356 g/mol. The molecule has 1 atom stereocenters. The standard InChI is InChI=1S/C19H24N4O3/c1-18(2,25)15-9-12-14(11-21-15)22-17(24)13(10-20)16(12)23-7-5-19(3,26-4)6-8-23/h9,11,15,25H,5-8H2,1-4H3. The predicted molar refractivity (Wildman–Crippen MR) is 98.0 cm³/mol. The molecule has 3 aliphatic heterocycles. The largest absolute Gasteiger partial charge is 0.388 e. The summed E-state index contributed by atoms with van der Waals surface area (Å²) in [7, 11) is 1.71. The SMILES string of the molecule is COC1(C)CCN(C2=C(C#N)C(=O)N=C3C=NC(C(C)(C)O)C=C32)CC1. The van der Waals surface area contributed by atoms with Crippen LogP contribution in [0.4, 0.5) is 0 Å². The van der Waals surface area contributed by atoms with Crippen LogP contribution in [0, 0.1) is 11.3 Å². The maximum absolute atomic E-state index is 12.3. The van der Waals surface area contributed by atoms with Gasteiger partial charge in [-0.05, 0) is 39.7 Å². The number of hydrogen-bond acceptors (Lipinski definition) is 6. The molecule has 3 aliphatic rings. The molecule has 1 saturated heterocycles. The van der Waals surface area contributed by atoms with Gasteiger partial charge in [0.25, 0.3) is 5.91 Å². The van der Waals surface area contributed by atoms with Crippen LogP contribution in [0.25, 0.3) is 0 Å². The number of nitriles is 1. The highest BCUT2D eigenvalue weighted by atomic mass is 16.5. The highest BCUT2D eigenvalue weighted by Gasteiger charge is 2.38. The number of allylic oxidation sites excluding steroid dienone is 1. The maximum Gasteiger partial charge on any atom is 0.290 e. The molecule has 138 valence electrons. The van der Waals surface area contributed by atoms with Gasteiger partial charge in [-0.2, -0.15) is 5.26 Å². The molecule has 7 nitrogen and oxygen atoms in total. The third kappa shape index (κ3) is 3.22. The highest BCUT2D eigenvalue weighted by Crippen LogP contribution is 2.34. The molecule has 0 saturated carbocycles. The summed E-state index contributed by atoms with van der Waals surface area (Å²) in [4.78, 5) is 22.7. The Morgan fingerprint density at radius 2 is 2.08 bits per heavy atom. The molecule has 0 aromatic carbocycles. The van der Waals surface area contributed by atoms with Crippen molar-refractivity contribution >= 4 is 17.8 Å². The van der Waals surface area contributed by atoms with E-state index in [4.69, 9.17) is 4.74 Å². The van der Waals surface area contributed by atoms with Crippen molar-refractivity contribution in [2.24, 2.45) is 9.98 Å². The molecule has 1 fully saturated rings. The number of rotatable bonds is 3. The average molecular weight is 356 g/mol.